The zero-order chi connectivity index (χ0) is 14.4. The van der Waals surface area contributed by atoms with Crippen LogP contribution >= 0.6 is 0 Å². The number of hydrogen-bond donors (Lipinski definition) is 0. The predicted octanol–water partition coefficient (Wildman–Crippen LogP) is 3.01. The quantitative estimate of drug-likeness (QED) is 0.742. The molecule has 1 amide bonds. The fourth-order valence-electron chi connectivity index (χ4n) is 3.99. The van der Waals surface area contributed by atoms with Crippen LogP contribution in [-0.4, -0.2) is 23.5 Å². The number of rotatable bonds is 1. The maximum absolute atomic E-state index is 13.0. The molecule has 3 heteroatoms. The van der Waals surface area contributed by atoms with Gasteiger partial charge in [0.05, 0.1) is 6.04 Å². The van der Waals surface area contributed by atoms with Crippen molar-refractivity contribution in [1.29, 1.82) is 0 Å². The Balaban J connectivity index is 1.59. The van der Waals surface area contributed by atoms with E-state index in [1.54, 1.807) is 0 Å². The summed E-state index contributed by atoms with van der Waals surface area (Å²) in [7, 11) is 0. The number of allylic oxidation sites excluding steroid dienone is 2. The Hall–Kier alpha value is -1.77. The van der Waals surface area contributed by atoms with E-state index in [0.29, 0.717) is 30.9 Å². The van der Waals surface area contributed by atoms with Gasteiger partial charge in [-0.1, -0.05) is 30.4 Å². The van der Waals surface area contributed by atoms with E-state index in [1.165, 1.54) is 6.42 Å². The monoisotopic (exact) mass is 283 g/mol. The van der Waals surface area contributed by atoms with Gasteiger partial charge in [-0.05, 0) is 37.7 Å². The van der Waals surface area contributed by atoms with Crippen molar-refractivity contribution in [3.63, 3.8) is 0 Å². The summed E-state index contributed by atoms with van der Waals surface area (Å²) in [6, 6.07) is 8.20. The number of nitrogens with zero attached hydrogens (tertiary/aromatic N) is 1. The largest absolute Gasteiger partial charge is 0.491 e. The van der Waals surface area contributed by atoms with E-state index in [4.69, 9.17) is 4.74 Å². The zero-order valence-electron chi connectivity index (χ0n) is 12.4. The lowest BCUT2D eigenvalue weighted by Crippen LogP contribution is -2.44. The molecule has 0 radical (unpaired) electrons. The van der Waals surface area contributed by atoms with Gasteiger partial charge >= 0.3 is 0 Å². The first kappa shape index (κ1) is 12.9. The van der Waals surface area contributed by atoms with Crippen molar-refractivity contribution >= 4 is 5.91 Å². The molecule has 1 aliphatic heterocycles. The normalized spacial score (nSPS) is 33.5. The van der Waals surface area contributed by atoms with Crippen LogP contribution in [0.2, 0.25) is 0 Å². The van der Waals surface area contributed by atoms with E-state index >= 15 is 0 Å². The summed E-state index contributed by atoms with van der Waals surface area (Å²) < 4.78 is 5.86. The van der Waals surface area contributed by atoms with Crippen LogP contribution in [0.15, 0.2) is 36.4 Å². The van der Waals surface area contributed by atoms with Crippen molar-refractivity contribution in [3.05, 3.63) is 42.0 Å². The third-order valence-corrected chi connectivity index (χ3v) is 5.20. The van der Waals surface area contributed by atoms with Gasteiger partial charge in [0.1, 0.15) is 12.4 Å². The van der Waals surface area contributed by atoms with Crippen LogP contribution in [0.3, 0.4) is 0 Å². The summed E-state index contributed by atoms with van der Waals surface area (Å²) in [4.78, 5) is 15.0. The minimum absolute atomic E-state index is 0.132. The Bertz CT molecular complexity index is 595. The highest BCUT2D eigenvalue weighted by Crippen LogP contribution is 2.44. The van der Waals surface area contributed by atoms with Gasteiger partial charge in [-0.15, -0.1) is 0 Å². The molecular formula is C18H21NO2. The van der Waals surface area contributed by atoms with Crippen LogP contribution in [0.1, 0.15) is 25.3 Å². The van der Waals surface area contributed by atoms with Gasteiger partial charge in [0.25, 0.3) is 0 Å². The molecule has 2 bridgehead atoms. The van der Waals surface area contributed by atoms with Crippen molar-refractivity contribution < 1.29 is 9.53 Å². The van der Waals surface area contributed by atoms with Crippen LogP contribution in [0.4, 0.5) is 0 Å². The second-order valence-electron chi connectivity index (χ2n) is 6.62. The summed E-state index contributed by atoms with van der Waals surface area (Å²) in [5.74, 6) is 2.53. The van der Waals surface area contributed by atoms with Gasteiger partial charge in [-0.3, -0.25) is 4.79 Å². The first-order chi connectivity index (χ1) is 10.2. The van der Waals surface area contributed by atoms with E-state index < -0.39 is 0 Å². The lowest BCUT2D eigenvalue weighted by molar-refractivity contribution is -0.139. The van der Waals surface area contributed by atoms with E-state index in [1.807, 2.05) is 23.1 Å². The summed E-state index contributed by atoms with van der Waals surface area (Å²) in [5, 5.41) is 0. The number of hydrogen-bond acceptors (Lipinski definition) is 2. The van der Waals surface area contributed by atoms with Crippen molar-refractivity contribution in [2.75, 3.05) is 6.61 Å². The second kappa shape index (κ2) is 4.90. The first-order valence-electron chi connectivity index (χ1n) is 7.92. The highest BCUT2D eigenvalue weighted by Gasteiger charge is 2.42. The van der Waals surface area contributed by atoms with Gasteiger partial charge in [-0.2, -0.15) is 0 Å². The van der Waals surface area contributed by atoms with Crippen molar-refractivity contribution in [2.45, 2.75) is 32.4 Å². The molecule has 0 spiro atoms. The van der Waals surface area contributed by atoms with E-state index in [0.717, 1.165) is 17.7 Å². The summed E-state index contributed by atoms with van der Waals surface area (Å²) in [5.41, 5.74) is 1.12. The van der Waals surface area contributed by atoms with E-state index in [-0.39, 0.29) is 12.0 Å². The molecule has 21 heavy (non-hydrogen) atoms. The summed E-state index contributed by atoms with van der Waals surface area (Å²) in [6.45, 7) is 3.35. The molecule has 1 saturated carbocycles. The number of amides is 1. The predicted molar refractivity (Wildman–Crippen MR) is 80.8 cm³/mol. The lowest BCUT2D eigenvalue weighted by atomic mass is 9.91. The molecule has 2 aliphatic carbocycles. The topological polar surface area (TPSA) is 29.5 Å². The molecule has 0 N–H and O–H groups in total. The third kappa shape index (κ3) is 2.15. The average molecular weight is 283 g/mol. The zero-order valence-corrected chi connectivity index (χ0v) is 12.4. The number of ether oxygens (including phenoxy) is 1. The Kier molecular flexibility index (Phi) is 3.02. The number of benzene rings is 1. The maximum Gasteiger partial charge on any atom is 0.226 e. The lowest BCUT2D eigenvalue weighted by Gasteiger charge is -2.31. The minimum Gasteiger partial charge on any atom is -0.491 e. The number of fused-ring (bicyclic) bond motifs is 3. The molecule has 3 nitrogen and oxygen atoms in total. The molecule has 1 aromatic carbocycles. The number of para-hydroxylation sites is 1. The van der Waals surface area contributed by atoms with Gasteiger partial charge < -0.3 is 9.64 Å². The highest BCUT2D eigenvalue weighted by molar-refractivity contribution is 5.80. The SMILES string of the molecule is CC1COc2ccccc2CN1C(=O)C1CC2C=CC1C2. The van der Waals surface area contributed by atoms with Crippen LogP contribution in [0, 0.1) is 17.8 Å². The molecule has 0 aromatic heterocycles. The molecular weight excluding hydrogens is 262 g/mol. The molecule has 1 heterocycles. The molecule has 4 rings (SSSR count). The Morgan fingerprint density at radius 1 is 1.24 bits per heavy atom. The fourth-order valence-corrected chi connectivity index (χ4v) is 3.99. The molecule has 4 atom stereocenters. The Labute approximate surface area is 125 Å². The van der Waals surface area contributed by atoms with Gasteiger partial charge in [0.15, 0.2) is 0 Å². The molecule has 1 aromatic rings. The fraction of sp³-hybridized carbons (Fsp3) is 0.500. The second-order valence-corrected chi connectivity index (χ2v) is 6.62. The van der Waals surface area contributed by atoms with E-state index in [2.05, 4.69) is 25.1 Å². The Morgan fingerprint density at radius 2 is 2.10 bits per heavy atom. The van der Waals surface area contributed by atoms with Crippen molar-refractivity contribution in [2.24, 2.45) is 17.8 Å². The van der Waals surface area contributed by atoms with Crippen molar-refractivity contribution in [1.82, 2.24) is 4.90 Å². The van der Waals surface area contributed by atoms with Crippen LogP contribution in [0.25, 0.3) is 0 Å². The highest BCUT2D eigenvalue weighted by atomic mass is 16.5. The molecule has 3 aliphatic rings. The minimum atomic E-state index is 0.132. The summed E-state index contributed by atoms with van der Waals surface area (Å²) in [6.07, 6.45) is 6.75. The third-order valence-electron chi connectivity index (χ3n) is 5.20. The van der Waals surface area contributed by atoms with Gasteiger partial charge in [0.2, 0.25) is 5.91 Å². The van der Waals surface area contributed by atoms with Crippen LogP contribution in [-0.2, 0) is 11.3 Å². The molecule has 110 valence electrons. The molecule has 1 fully saturated rings. The Morgan fingerprint density at radius 3 is 2.86 bits per heavy atom. The van der Waals surface area contributed by atoms with Crippen LogP contribution < -0.4 is 4.74 Å². The van der Waals surface area contributed by atoms with E-state index in [9.17, 15) is 4.79 Å². The number of carbonyl (C=O) groups excluding carboxylic acids is 1. The molecule has 4 unspecified atom stereocenters. The standard InChI is InChI=1S/C18H21NO2/c1-12-11-21-17-5-3-2-4-15(17)10-19(12)18(20)16-9-13-6-7-14(16)8-13/h2-7,12-14,16H,8-11H2,1H3. The van der Waals surface area contributed by atoms with Crippen LogP contribution in [0.5, 0.6) is 5.75 Å². The van der Waals surface area contributed by atoms with Gasteiger partial charge in [-0.25, -0.2) is 0 Å². The van der Waals surface area contributed by atoms with Crippen molar-refractivity contribution in [3.8, 4) is 5.75 Å². The summed E-state index contributed by atoms with van der Waals surface area (Å²) >= 11 is 0. The number of carbonyl (C=O) groups is 1. The molecule has 0 saturated heterocycles. The smallest absolute Gasteiger partial charge is 0.226 e. The average Bonchev–Trinajstić information content (AvgIpc) is 3.09. The first-order valence-corrected chi connectivity index (χ1v) is 7.92. The van der Waals surface area contributed by atoms with Gasteiger partial charge in [0, 0.05) is 18.0 Å². The maximum atomic E-state index is 13.0.